The monoisotopic (exact) mass is 316 g/mol. The van der Waals surface area contributed by atoms with E-state index < -0.39 is 11.4 Å². The Labute approximate surface area is 115 Å². The molecule has 1 aromatic rings. The van der Waals surface area contributed by atoms with E-state index in [4.69, 9.17) is 5.11 Å². The van der Waals surface area contributed by atoms with Crippen LogP contribution < -0.4 is 0 Å². The van der Waals surface area contributed by atoms with Gasteiger partial charge in [-0.3, -0.25) is 4.79 Å². The molecule has 0 bridgehead atoms. The highest BCUT2D eigenvalue weighted by Gasteiger charge is 2.25. The number of benzene rings is 1. The molecule has 0 radical (unpaired) electrons. The predicted molar refractivity (Wildman–Crippen MR) is 75.5 cm³/mol. The Hall–Kier alpha value is -0.480. The van der Waals surface area contributed by atoms with Crippen LogP contribution in [-0.4, -0.2) is 16.8 Å². The van der Waals surface area contributed by atoms with Crippen molar-refractivity contribution < 1.29 is 9.90 Å². The van der Waals surface area contributed by atoms with E-state index in [1.807, 2.05) is 12.1 Å². The van der Waals surface area contributed by atoms with Gasteiger partial charge in [0, 0.05) is 9.37 Å². The molecule has 0 saturated heterocycles. The molecule has 2 nitrogen and oxygen atoms in total. The molecule has 17 heavy (non-hydrogen) atoms. The second-order valence-corrected chi connectivity index (χ2v) is 6.68. The summed E-state index contributed by atoms with van der Waals surface area (Å²) >= 11 is 5.16. The summed E-state index contributed by atoms with van der Waals surface area (Å²) in [5, 5.41) is 8.98. The van der Waals surface area contributed by atoms with E-state index in [2.05, 4.69) is 28.1 Å². The summed E-state index contributed by atoms with van der Waals surface area (Å²) in [4.78, 5) is 12.1. The third-order valence-corrected chi connectivity index (χ3v) is 4.23. The maximum Gasteiger partial charge on any atom is 0.309 e. The van der Waals surface area contributed by atoms with Crippen molar-refractivity contribution in [3.05, 3.63) is 28.7 Å². The zero-order valence-corrected chi connectivity index (χ0v) is 12.5. The van der Waals surface area contributed by atoms with Crippen LogP contribution in [0.2, 0.25) is 0 Å². The number of carboxylic acid groups (broad SMARTS) is 1. The van der Waals surface area contributed by atoms with Crippen LogP contribution in [0.5, 0.6) is 0 Å². The van der Waals surface area contributed by atoms with Gasteiger partial charge in [0.1, 0.15) is 0 Å². The topological polar surface area (TPSA) is 37.3 Å². The minimum Gasteiger partial charge on any atom is -0.481 e. The van der Waals surface area contributed by atoms with Gasteiger partial charge in [-0.25, -0.2) is 0 Å². The predicted octanol–water partition coefficient (Wildman–Crippen LogP) is 4.43. The van der Waals surface area contributed by atoms with Crippen molar-refractivity contribution in [2.24, 2.45) is 5.41 Å². The van der Waals surface area contributed by atoms with Crippen LogP contribution in [0, 0.1) is 5.41 Å². The minimum absolute atomic E-state index is 0.611. The standard InChI is InChI=1S/C13H17BrO2S/c1-13(2,12(15)16)8-3-9-17-11-6-4-10(14)5-7-11/h4-7H,3,8-9H2,1-2H3,(H,15,16). The van der Waals surface area contributed by atoms with E-state index in [9.17, 15) is 4.79 Å². The average molecular weight is 317 g/mol. The molecule has 0 heterocycles. The molecule has 0 spiro atoms. The SMILES string of the molecule is CC(C)(CCCSc1ccc(Br)cc1)C(=O)O. The van der Waals surface area contributed by atoms with Gasteiger partial charge in [0.15, 0.2) is 0 Å². The minimum atomic E-state index is -0.717. The zero-order chi connectivity index (χ0) is 12.9. The van der Waals surface area contributed by atoms with Crippen molar-refractivity contribution in [1.82, 2.24) is 0 Å². The van der Waals surface area contributed by atoms with E-state index in [1.54, 1.807) is 25.6 Å². The molecule has 0 aliphatic rings. The largest absolute Gasteiger partial charge is 0.481 e. The van der Waals surface area contributed by atoms with E-state index in [1.165, 1.54) is 4.90 Å². The first kappa shape index (κ1) is 14.6. The van der Waals surface area contributed by atoms with Crippen LogP contribution in [0.25, 0.3) is 0 Å². The van der Waals surface area contributed by atoms with Crippen LogP contribution >= 0.6 is 27.7 Å². The highest BCUT2D eigenvalue weighted by molar-refractivity contribution is 9.10. The van der Waals surface area contributed by atoms with E-state index in [0.717, 1.165) is 16.6 Å². The Morgan fingerprint density at radius 1 is 1.35 bits per heavy atom. The van der Waals surface area contributed by atoms with Crippen molar-refractivity contribution in [1.29, 1.82) is 0 Å². The summed E-state index contributed by atoms with van der Waals surface area (Å²) in [6.45, 7) is 3.55. The number of aliphatic carboxylic acids is 1. The number of thioether (sulfide) groups is 1. The number of rotatable bonds is 6. The average Bonchev–Trinajstić information content (AvgIpc) is 2.26. The van der Waals surface area contributed by atoms with Gasteiger partial charge < -0.3 is 5.11 Å². The molecule has 94 valence electrons. The number of carbonyl (C=O) groups is 1. The van der Waals surface area contributed by atoms with Crippen molar-refractivity contribution >= 4 is 33.7 Å². The quantitative estimate of drug-likeness (QED) is 0.623. The smallest absolute Gasteiger partial charge is 0.309 e. The summed E-state index contributed by atoms with van der Waals surface area (Å²) in [7, 11) is 0. The maximum absolute atomic E-state index is 10.9. The van der Waals surface area contributed by atoms with Crippen LogP contribution in [0.3, 0.4) is 0 Å². The molecule has 0 amide bonds. The maximum atomic E-state index is 10.9. The molecule has 0 atom stereocenters. The highest BCUT2D eigenvalue weighted by Crippen LogP contribution is 2.26. The first-order chi connectivity index (χ1) is 7.92. The molecule has 0 aliphatic heterocycles. The summed E-state index contributed by atoms with van der Waals surface area (Å²) < 4.78 is 1.08. The fourth-order valence-corrected chi connectivity index (χ4v) is 2.46. The lowest BCUT2D eigenvalue weighted by Gasteiger charge is -2.18. The zero-order valence-electron chi connectivity index (χ0n) is 10.1. The molecule has 1 N–H and O–H groups in total. The summed E-state index contributed by atoms with van der Waals surface area (Å²) in [5.74, 6) is 0.240. The molecule has 1 rings (SSSR count). The number of halogens is 1. The highest BCUT2D eigenvalue weighted by atomic mass is 79.9. The van der Waals surface area contributed by atoms with Crippen LogP contribution in [0.4, 0.5) is 0 Å². The van der Waals surface area contributed by atoms with Gasteiger partial charge in [-0.05, 0) is 56.7 Å². The van der Waals surface area contributed by atoms with Crippen LogP contribution in [0.15, 0.2) is 33.6 Å². The molecule has 0 saturated carbocycles. The molecule has 0 aliphatic carbocycles. The third-order valence-electron chi connectivity index (χ3n) is 2.61. The third kappa shape index (κ3) is 5.13. The van der Waals surface area contributed by atoms with Gasteiger partial charge in [-0.15, -0.1) is 11.8 Å². The van der Waals surface area contributed by atoms with E-state index in [-0.39, 0.29) is 0 Å². The summed E-state index contributed by atoms with van der Waals surface area (Å²) in [6, 6.07) is 8.17. The summed E-state index contributed by atoms with van der Waals surface area (Å²) in [6.07, 6.45) is 1.63. The van der Waals surface area contributed by atoms with Gasteiger partial charge in [-0.1, -0.05) is 15.9 Å². The summed E-state index contributed by atoms with van der Waals surface area (Å²) in [5.41, 5.74) is -0.611. The molecule has 0 fully saturated rings. The Morgan fingerprint density at radius 3 is 2.47 bits per heavy atom. The molecule has 1 aromatic carbocycles. The van der Waals surface area contributed by atoms with Crippen LogP contribution in [0.1, 0.15) is 26.7 Å². The number of hydrogen-bond acceptors (Lipinski definition) is 2. The Balaban J connectivity index is 2.29. The van der Waals surface area contributed by atoms with E-state index >= 15 is 0 Å². The van der Waals surface area contributed by atoms with Gasteiger partial charge in [0.2, 0.25) is 0 Å². The number of carboxylic acids is 1. The van der Waals surface area contributed by atoms with Gasteiger partial charge in [0.05, 0.1) is 5.41 Å². The van der Waals surface area contributed by atoms with Crippen molar-refractivity contribution in [3.8, 4) is 0 Å². The second-order valence-electron chi connectivity index (χ2n) is 4.59. The molecule has 4 heteroatoms. The second kappa shape index (κ2) is 6.45. The lowest BCUT2D eigenvalue weighted by Crippen LogP contribution is -2.23. The fourth-order valence-electron chi connectivity index (χ4n) is 1.34. The van der Waals surface area contributed by atoms with Crippen molar-refractivity contribution in [2.45, 2.75) is 31.6 Å². The first-order valence-electron chi connectivity index (χ1n) is 5.53. The van der Waals surface area contributed by atoms with Crippen molar-refractivity contribution in [3.63, 3.8) is 0 Å². The van der Waals surface area contributed by atoms with Crippen LogP contribution in [-0.2, 0) is 4.79 Å². The normalized spacial score (nSPS) is 11.5. The lowest BCUT2D eigenvalue weighted by molar-refractivity contribution is -0.147. The van der Waals surface area contributed by atoms with Gasteiger partial charge in [-0.2, -0.15) is 0 Å². The van der Waals surface area contributed by atoms with Gasteiger partial charge in [0.25, 0.3) is 0 Å². The Kier molecular flexibility index (Phi) is 5.53. The molecular weight excluding hydrogens is 300 g/mol. The molecule has 0 unspecified atom stereocenters. The fraction of sp³-hybridized carbons (Fsp3) is 0.462. The van der Waals surface area contributed by atoms with Gasteiger partial charge >= 0.3 is 5.97 Å². The molecular formula is C13H17BrO2S. The number of hydrogen-bond donors (Lipinski definition) is 1. The Bertz CT molecular complexity index is 374. The van der Waals surface area contributed by atoms with Crippen molar-refractivity contribution in [2.75, 3.05) is 5.75 Å². The first-order valence-corrected chi connectivity index (χ1v) is 7.31. The Morgan fingerprint density at radius 2 is 1.94 bits per heavy atom. The molecule has 0 aromatic heterocycles. The van der Waals surface area contributed by atoms with E-state index in [0.29, 0.717) is 6.42 Å². The lowest BCUT2D eigenvalue weighted by atomic mass is 9.88.